The van der Waals surface area contributed by atoms with Gasteiger partial charge in [-0.05, 0) is 65.7 Å². The van der Waals surface area contributed by atoms with Gasteiger partial charge in [0.25, 0.3) is 5.91 Å². The van der Waals surface area contributed by atoms with Gasteiger partial charge in [-0.1, -0.05) is 44.0 Å². The molecule has 1 amide bonds. The number of nitriles is 1. The van der Waals surface area contributed by atoms with Crippen molar-refractivity contribution in [3.05, 3.63) is 92.1 Å². The lowest BCUT2D eigenvalue weighted by Crippen LogP contribution is -2.13. The van der Waals surface area contributed by atoms with Crippen molar-refractivity contribution in [2.75, 3.05) is 12.4 Å². The molecule has 162 valence electrons. The Morgan fingerprint density at radius 3 is 2.41 bits per heavy atom. The zero-order valence-electron chi connectivity index (χ0n) is 16.9. The third-order valence-corrected chi connectivity index (χ3v) is 5.57. The fourth-order valence-electron chi connectivity index (χ4n) is 2.71. The van der Waals surface area contributed by atoms with E-state index in [-0.39, 0.29) is 18.0 Å². The highest BCUT2D eigenvalue weighted by molar-refractivity contribution is 9.10. The monoisotopic (exact) mass is 558 g/mol. The zero-order valence-corrected chi connectivity index (χ0v) is 20.0. The van der Waals surface area contributed by atoms with Gasteiger partial charge in [0.1, 0.15) is 24.1 Å². The molecule has 8 heteroatoms. The van der Waals surface area contributed by atoms with E-state index < -0.39 is 5.91 Å². The quantitative estimate of drug-likeness (QED) is 0.265. The van der Waals surface area contributed by atoms with E-state index in [1.165, 1.54) is 25.3 Å². The predicted molar refractivity (Wildman–Crippen MR) is 128 cm³/mol. The summed E-state index contributed by atoms with van der Waals surface area (Å²) in [4.78, 5) is 12.5. The van der Waals surface area contributed by atoms with Crippen LogP contribution in [-0.2, 0) is 11.4 Å². The number of carbonyl (C=O) groups excluding carboxylic acids is 1. The number of hydrogen-bond acceptors (Lipinski definition) is 4. The Bertz CT molecular complexity index is 1190. The molecule has 0 radical (unpaired) electrons. The second kappa shape index (κ2) is 10.9. The number of ether oxygens (including phenoxy) is 2. The first kappa shape index (κ1) is 23.5. The second-order valence-electron chi connectivity index (χ2n) is 6.57. The minimum Gasteiger partial charge on any atom is -0.493 e. The van der Waals surface area contributed by atoms with Gasteiger partial charge in [-0.25, -0.2) is 4.39 Å². The number of rotatable bonds is 7. The highest BCUT2D eigenvalue weighted by Crippen LogP contribution is 2.35. The lowest BCUT2D eigenvalue weighted by Gasteiger charge is -2.13. The van der Waals surface area contributed by atoms with Crippen LogP contribution in [-0.4, -0.2) is 13.0 Å². The molecule has 0 fully saturated rings. The number of nitrogens with zero attached hydrogens (tertiary/aromatic N) is 1. The van der Waals surface area contributed by atoms with Gasteiger partial charge in [0, 0.05) is 14.6 Å². The third kappa shape index (κ3) is 6.19. The van der Waals surface area contributed by atoms with E-state index in [9.17, 15) is 14.4 Å². The standard InChI is InChI=1S/C24H17Br2FN2O3/c1-31-22-11-16(10-17(13-28)24(30)29-20-8-4-18(25)5-9-20)21(26)12-23(22)32-14-15-2-6-19(27)7-3-15/h2-12H,14H2,1H3,(H,29,30)/b17-10-. The number of anilines is 1. The van der Waals surface area contributed by atoms with Crippen molar-refractivity contribution in [1.29, 1.82) is 5.26 Å². The van der Waals surface area contributed by atoms with Crippen LogP contribution >= 0.6 is 31.9 Å². The molecule has 3 aromatic rings. The van der Waals surface area contributed by atoms with Crippen molar-refractivity contribution >= 4 is 49.5 Å². The summed E-state index contributed by atoms with van der Waals surface area (Å²) in [7, 11) is 1.49. The van der Waals surface area contributed by atoms with Crippen molar-refractivity contribution in [2.24, 2.45) is 0 Å². The summed E-state index contributed by atoms with van der Waals surface area (Å²) in [5, 5.41) is 12.2. The number of amides is 1. The van der Waals surface area contributed by atoms with Crippen LogP contribution in [0.1, 0.15) is 11.1 Å². The van der Waals surface area contributed by atoms with Crippen molar-refractivity contribution in [3.63, 3.8) is 0 Å². The van der Waals surface area contributed by atoms with E-state index in [1.807, 2.05) is 6.07 Å². The van der Waals surface area contributed by atoms with Gasteiger partial charge in [0.2, 0.25) is 0 Å². The SMILES string of the molecule is COc1cc(/C=C(/C#N)C(=O)Nc2ccc(Br)cc2)c(Br)cc1OCc1ccc(F)cc1. The molecule has 0 atom stereocenters. The summed E-state index contributed by atoms with van der Waals surface area (Å²) < 4.78 is 25.8. The summed E-state index contributed by atoms with van der Waals surface area (Å²) >= 11 is 6.79. The molecule has 0 spiro atoms. The normalized spacial score (nSPS) is 10.9. The second-order valence-corrected chi connectivity index (χ2v) is 8.34. The smallest absolute Gasteiger partial charge is 0.266 e. The lowest BCUT2D eigenvalue weighted by atomic mass is 10.1. The average Bonchev–Trinajstić information content (AvgIpc) is 2.79. The van der Waals surface area contributed by atoms with Crippen LogP contribution < -0.4 is 14.8 Å². The van der Waals surface area contributed by atoms with Gasteiger partial charge in [-0.2, -0.15) is 5.26 Å². The molecule has 1 N–H and O–H groups in total. The van der Waals surface area contributed by atoms with E-state index in [0.717, 1.165) is 10.0 Å². The van der Waals surface area contributed by atoms with Crippen molar-refractivity contribution < 1.29 is 18.7 Å². The highest BCUT2D eigenvalue weighted by atomic mass is 79.9. The number of hydrogen-bond donors (Lipinski definition) is 1. The minimum atomic E-state index is -0.530. The molecule has 0 saturated heterocycles. The van der Waals surface area contributed by atoms with E-state index in [4.69, 9.17) is 9.47 Å². The topological polar surface area (TPSA) is 71.3 Å². The summed E-state index contributed by atoms with van der Waals surface area (Å²) in [5.41, 5.74) is 1.86. The molecule has 0 bridgehead atoms. The van der Waals surface area contributed by atoms with E-state index in [0.29, 0.717) is 27.2 Å². The first-order chi connectivity index (χ1) is 15.4. The van der Waals surface area contributed by atoms with Crippen LogP contribution in [0.25, 0.3) is 6.08 Å². The maximum absolute atomic E-state index is 13.1. The van der Waals surface area contributed by atoms with Gasteiger partial charge in [0.15, 0.2) is 11.5 Å². The molecule has 0 saturated carbocycles. The van der Waals surface area contributed by atoms with Crippen molar-refractivity contribution in [2.45, 2.75) is 6.61 Å². The summed E-state index contributed by atoms with van der Waals surface area (Å²) in [6.07, 6.45) is 1.46. The van der Waals surface area contributed by atoms with Gasteiger partial charge in [-0.3, -0.25) is 4.79 Å². The Morgan fingerprint density at radius 2 is 1.78 bits per heavy atom. The average molecular weight is 560 g/mol. The Hall–Kier alpha value is -3.15. The van der Waals surface area contributed by atoms with Crippen LogP contribution in [0.15, 0.2) is 75.2 Å². The van der Waals surface area contributed by atoms with Crippen LogP contribution in [0, 0.1) is 17.1 Å². The molecule has 3 rings (SSSR count). The molecule has 0 aliphatic rings. The fourth-order valence-corrected chi connectivity index (χ4v) is 3.41. The molecule has 0 unspecified atom stereocenters. The first-order valence-electron chi connectivity index (χ1n) is 9.33. The summed E-state index contributed by atoms with van der Waals surface area (Å²) in [6.45, 7) is 0.220. The predicted octanol–water partition coefficient (Wildman–Crippen LogP) is 6.48. The first-order valence-corrected chi connectivity index (χ1v) is 10.9. The van der Waals surface area contributed by atoms with Crippen LogP contribution in [0.4, 0.5) is 10.1 Å². The number of halogens is 3. The Balaban J connectivity index is 1.80. The minimum absolute atomic E-state index is 0.0735. The van der Waals surface area contributed by atoms with Gasteiger partial charge < -0.3 is 14.8 Å². The van der Waals surface area contributed by atoms with Crippen molar-refractivity contribution in [1.82, 2.24) is 0 Å². The Kier molecular flexibility index (Phi) is 8.03. The molecule has 0 aromatic heterocycles. The Labute approximate surface area is 201 Å². The number of benzene rings is 3. The van der Waals surface area contributed by atoms with Crippen LogP contribution in [0.3, 0.4) is 0 Å². The zero-order chi connectivity index (χ0) is 23.1. The van der Waals surface area contributed by atoms with E-state index >= 15 is 0 Å². The van der Waals surface area contributed by atoms with Crippen LogP contribution in [0.5, 0.6) is 11.5 Å². The molecule has 0 heterocycles. The molecule has 3 aromatic carbocycles. The summed E-state index contributed by atoms with van der Waals surface area (Å²) in [5.74, 6) is 0.0332. The molecule has 5 nitrogen and oxygen atoms in total. The fraction of sp³-hybridized carbons (Fsp3) is 0.0833. The number of carbonyl (C=O) groups is 1. The molecular weight excluding hydrogens is 543 g/mol. The van der Waals surface area contributed by atoms with Gasteiger partial charge >= 0.3 is 0 Å². The number of nitrogens with one attached hydrogen (secondary N) is 1. The third-order valence-electron chi connectivity index (χ3n) is 4.36. The molecule has 32 heavy (non-hydrogen) atoms. The molecular formula is C24H17Br2FN2O3. The molecule has 0 aliphatic heterocycles. The van der Waals surface area contributed by atoms with E-state index in [2.05, 4.69) is 37.2 Å². The summed E-state index contributed by atoms with van der Waals surface area (Å²) in [6, 6.07) is 18.3. The maximum atomic E-state index is 13.1. The van der Waals surface area contributed by atoms with Crippen molar-refractivity contribution in [3.8, 4) is 17.6 Å². The maximum Gasteiger partial charge on any atom is 0.266 e. The largest absolute Gasteiger partial charge is 0.493 e. The lowest BCUT2D eigenvalue weighted by molar-refractivity contribution is -0.112. The van der Waals surface area contributed by atoms with Crippen LogP contribution in [0.2, 0.25) is 0 Å². The molecule has 0 aliphatic carbocycles. The van der Waals surface area contributed by atoms with Gasteiger partial charge in [0.05, 0.1) is 7.11 Å². The van der Waals surface area contributed by atoms with E-state index in [1.54, 1.807) is 48.5 Å². The number of methoxy groups -OCH3 is 1. The Morgan fingerprint density at radius 1 is 1.09 bits per heavy atom. The highest BCUT2D eigenvalue weighted by Gasteiger charge is 2.14. The van der Waals surface area contributed by atoms with Gasteiger partial charge in [-0.15, -0.1) is 0 Å².